The van der Waals surface area contributed by atoms with Crippen LogP contribution in [0.2, 0.25) is 0 Å². The van der Waals surface area contributed by atoms with Crippen LogP contribution in [0.4, 0.5) is 5.69 Å². The summed E-state index contributed by atoms with van der Waals surface area (Å²) in [6.07, 6.45) is 6.63. The summed E-state index contributed by atoms with van der Waals surface area (Å²) < 4.78 is 2.80. The topological polar surface area (TPSA) is 59.8 Å². The number of hydrogen-bond donors (Lipinski definition) is 1. The van der Waals surface area contributed by atoms with E-state index in [4.69, 9.17) is 0 Å². The molecule has 0 radical (unpaired) electrons. The fraction of sp³-hybridized carbons (Fsp3) is 0.0625. The molecule has 0 aliphatic rings. The highest BCUT2D eigenvalue weighted by atomic mass is 79.9. The maximum absolute atomic E-state index is 12.2. The number of aromatic nitrogens is 3. The van der Waals surface area contributed by atoms with Gasteiger partial charge in [0.2, 0.25) is 0 Å². The van der Waals surface area contributed by atoms with Crippen molar-refractivity contribution in [2.75, 3.05) is 5.32 Å². The number of pyridine rings is 1. The second kappa shape index (κ2) is 6.11. The van der Waals surface area contributed by atoms with Crippen molar-refractivity contribution in [2.24, 2.45) is 0 Å². The molecule has 0 aliphatic heterocycles. The lowest BCUT2D eigenvalue weighted by molar-refractivity contribution is 0.102. The minimum atomic E-state index is -0.257. The molecule has 1 aromatic carbocycles. The summed E-state index contributed by atoms with van der Waals surface area (Å²) in [6.45, 7) is 1.91. The summed E-state index contributed by atoms with van der Waals surface area (Å²) in [5.74, 6) is -0.257. The Labute approximate surface area is 136 Å². The standard InChI is InChI=1S/C16H13BrN4O/c1-11-6-7-18-8-14(11)20-16(22)15-9-21(10-19-15)13-4-2-12(17)3-5-13/h2-10H,1H3,(H,20,22). The van der Waals surface area contributed by atoms with Crippen LogP contribution in [0.1, 0.15) is 16.1 Å². The van der Waals surface area contributed by atoms with Crippen molar-refractivity contribution < 1.29 is 4.79 Å². The van der Waals surface area contributed by atoms with Gasteiger partial charge in [0.1, 0.15) is 12.0 Å². The van der Waals surface area contributed by atoms with Crippen molar-refractivity contribution >= 4 is 27.5 Å². The van der Waals surface area contributed by atoms with E-state index in [1.54, 1.807) is 29.5 Å². The lowest BCUT2D eigenvalue weighted by atomic mass is 10.2. The highest BCUT2D eigenvalue weighted by Crippen LogP contribution is 2.16. The number of benzene rings is 1. The van der Waals surface area contributed by atoms with E-state index >= 15 is 0 Å². The largest absolute Gasteiger partial charge is 0.319 e. The Hall–Kier alpha value is -2.47. The minimum Gasteiger partial charge on any atom is -0.319 e. The van der Waals surface area contributed by atoms with Crippen molar-refractivity contribution in [3.63, 3.8) is 0 Å². The van der Waals surface area contributed by atoms with E-state index in [1.165, 1.54) is 0 Å². The van der Waals surface area contributed by atoms with Gasteiger partial charge in [0, 0.05) is 22.6 Å². The van der Waals surface area contributed by atoms with E-state index in [-0.39, 0.29) is 5.91 Å². The zero-order chi connectivity index (χ0) is 15.5. The smallest absolute Gasteiger partial charge is 0.275 e. The molecule has 0 unspecified atom stereocenters. The van der Waals surface area contributed by atoms with Crippen molar-refractivity contribution in [1.82, 2.24) is 14.5 Å². The van der Waals surface area contributed by atoms with Crippen molar-refractivity contribution in [1.29, 1.82) is 0 Å². The SMILES string of the molecule is Cc1ccncc1NC(=O)c1cn(-c2ccc(Br)cc2)cn1. The van der Waals surface area contributed by atoms with Crippen LogP contribution in [-0.4, -0.2) is 20.4 Å². The van der Waals surface area contributed by atoms with Crippen LogP contribution < -0.4 is 5.32 Å². The summed E-state index contributed by atoms with van der Waals surface area (Å²) in [5, 5.41) is 2.82. The first kappa shape index (κ1) is 14.5. The summed E-state index contributed by atoms with van der Waals surface area (Å²) >= 11 is 3.40. The molecule has 0 saturated heterocycles. The van der Waals surface area contributed by atoms with Gasteiger partial charge in [-0.15, -0.1) is 0 Å². The molecule has 1 N–H and O–H groups in total. The molecule has 0 atom stereocenters. The molecule has 6 heteroatoms. The van der Waals surface area contributed by atoms with Gasteiger partial charge in [-0.05, 0) is 42.8 Å². The first-order valence-corrected chi connectivity index (χ1v) is 7.45. The third kappa shape index (κ3) is 3.07. The van der Waals surface area contributed by atoms with E-state index in [0.717, 1.165) is 15.7 Å². The number of nitrogens with zero attached hydrogens (tertiary/aromatic N) is 3. The van der Waals surface area contributed by atoms with Gasteiger partial charge >= 0.3 is 0 Å². The molecular formula is C16H13BrN4O. The van der Waals surface area contributed by atoms with Crippen LogP contribution in [0.25, 0.3) is 5.69 Å². The zero-order valence-corrected chi connectivity index (χ0v) is 13.4. The number of aryl methyl sites for hydroxylation is 1. The number of amides is 1. The van der Waals surface area contributed by atoms with Crippen molar-refractivity contribution in [3.8, 4) is 5.69 Å². The van der Waals surface area contributed by atoms with Crippen LogP contribution in [0.15, 0.2) is 59.7 Å². The Morgan fingerprint density at radius 1 is 1.23 bits per heavy atom. The first-order valence-electron chi connectivity index (χ1n) is 6.65. The van der Waals surface area contributed by atoms with Gasteiger partial charge < -0.3 is 9.88 Å². The summed E-state index contributed by atoms with van der Waals surface area (Å²) in [7, 11) is 0. The number of halogens is 1. The van der Waals surface area contributed by atoms with Gasteiger partial charge in [0.25, 0.3) is 5.91 Å². The highest BCUT2D eigenvalue weighted by Gasteiger charge is 2.11. The van der Waals surface area contributed by atoms with E-state index in [2.05, 4.69) is 31.2 Å². The molecule has 3 aromatic rings. The molecule has 0 spiro atoms. The molecule has 0 bridgehead atoms. The van der Waals surface area contributed by atoms with E-state index < -0.39 is 0 Å². The first-order chi connectivity index (χ1) is 10.6. The molecule has 0 fully saturated rings. The molecule has 2 heterocycles. The summed E-state index contributed by atoms with van der Waals surface area (Å²) in [6, 6.07) is 9.61. The predicted octanol–water partition coefficient (Wildman–Crippen LogP) is 3.59. The number of carbonyl (C=O) groups excluding carboxylic acids is 1. The predicted molar refractivity (Wildman–Crippen MR) is 88.2 cm³/mol. The average molecular weight is 357 g/mol. The molecule has 2 aromatic heterocycles. The van der Waals surface area contributed by atoms with Crippen molar-refractivity contribution in [3.05, 3.63) is 71.0 Å². The van der Waals surface area contributed by atoms with Gasteiger partial charge in [-0.2, -0.15) is 0 Å². The number of anilines is 1. The molecule has 110 valence electrons. The maximum Gasteiger partial charge on any atom is 0.275 e. The average Bonchev–Trinajstić information content (AvgIpc) is 3.00. The Kier molecular flexibility index (Phi) is 4.02. The van der Waals surface area contributed by atoms with Crippen LogP contribution in [0.5, 0.6) is 0 Å². The van der Waals surface area contributed by atoms with Crippen molar-refractivity contribution in [2.45, 2.75) is 6.92 Å². The fourth-order valence-corrected chi connectivity index (χ4v) is 2.24. The van der Waals surface area contributed by atoms with Crippen LogP contribution >= 0.6 is 15.9 Å². The number of hydrogen-bond acceptors (Lipinski definition) is 3. The van der Waals surface area contributed by atoms with Gasteiger partial charge in [0.05, 0.1) is 11.9 Å². The Bertz CT molecular complexity index is 811. The Morgan fingerprint density at radius 3 is 2.73 bits per heavy atom. The van der Waals surface area contributed by atoms with Crippen LogP contribution in [0.3, 0.4) is 0 Å². The summed E-state index contributed by atoms with van der Waals surface area (Å²) in [5.41, 5.74) is 2.93. The lowest BCUT2D eigenvalue weighted by Gasteiger charge is -2.05. The fourth-order valence-electron chi connectivity index (χ4n) is 1.98. The molecule has 22 heavy (non-hydrogen) atoms. The third-order valence-electron chi connectivity index (χ3n) is 3.23. The Balaban J connectivity index is 1.80. The van der Waals surface area contributed by atoms with Gasteiger partial charge in [-0.1, -0.05) is 15.9 Å². The highest BCUT2D eigenvalue weighted by molar-refractivity contribution is 9.10. The maximum atomic E-state index is 12.2. The van der Waals surface area contributed by atoms with Crippen LogP contribution in [-0.2, 0) is 0 Å². The van der Waals surface area contributed by atoms with Gasteiger partial charge in [-0.25, -0.2) is 4.98 Å². The number of rotatable bonds is 3. The number of nitrogens with one attached hydrogen (secondary N) is 1. The van der Waals surface area contributed by atoms with Gasteiger partial charge in [0.15, 0.2) is 0 Å². The Morgan fingerprint density at radius 2 is 2.00 bits per heavy atom. The third-order valence-corrected chi connectivity index (χ3v) is 3.76. The zero-order valence-electron chi connectivity index (χ0n) is 11.8. The summed E-state index contributed by atoms with van der Waals surface area (Å²) in [4.78, 5) is 20.4. The second-order valence-corrected chi connectivity index (χ2v) is 5.70. The quantitative estimate of drug-likeness (QED) is 0.779. The molecule has 5 nitrogen and oxygen atoms in total. The number of imidazole rings is 1. The normalized spacial score (nSPS) is 10.5. The monoisotopic (exact) mass is 356 g/mol. The minimum absolute atomic E-state index is 0.257. The molecule has 0 aliphatic carbocycles. The van der Waals surface area contributed by atoms with E-state index in [9.17, 15) is 4.79 Å². The molecule has 0 saturated carbocycles. The second-order valence-electron chi connectivity index (χ2n) is 4.79. The van der Waals surface area contributed by atoms with Crippen LogP contribution in [0, 0.1) is 6.92 Å². The van der Waals surface area contributed by atoms with E-state index in [1.807, 2.05) is 37.3 Å². The lowest BCUT2D eigenvalue weighted by Crippen LogP contribution is -2.13. The van der Waals surface area contributed by atoms with Gasteiger partial charge in [-0.3, -0.25) is 9.78 Å². The molecular weight excluding hydrogens is 344 g/mol. The molecule has 3 rings (SSSR count). The molecule has 1 amide bonds. The number of carbonyl (C=O) groups is 1. The van der Waals surface area contributed by atoms with E-state index in [0.29, 0.717) is 11.4 Å².